The Hall–Kier alpha value is -2.02. The summed E-state index contributed by atoms with van der Waals surface area (Å²) in [6.07, 6.45) is 0. The van der Waals surface area contributed by atoms with Gasteiger partial charge in [-0.25, -0.2) is 0 Å². The summed E-state index contributed by atoms with van der Waals surface area (Å²) in [4.78, 5) is 2.26. The SMILES string of the molecule is Cc1nnc(N=Nc2cc3c(cc2N)N(C)C(C)C3C)s1. The molecule has 2 aromatic rings. The molecule has 7 heteroatoms. The Morgan fingerprint density at radius 2 is 2.00 bits per heavy atom. The standard InChI is InChI=1S/C14H18N6S/c1-7-8(2)20(4)13-6-11(15)12(5-10(7)13)17-19-14-18-16-9(3)21-14/h5-8H,15H2,1-4H3. The van der Waals surface area contributed by atoms with Crippen LogP contribution in [0.1, 0.15) is 30.3 Å². The van der Waals surface area contributed by atoms with Crippen molar-refractivity contribution in [2.24, 2.45) is 10.2 Å². The number of rotatable bonds is 2. The lowest BCUT2D eigenvalue weighted by Gasteiger charge is -2.20. The molecule has 0 amide bonds. The number of nitrogens with zero attached hydrogens (tertiary/aromatic N) is 5. The number of nitrogens with two attached hydrogens (primary N) is 1. The Kier molecular flexibility index (Phi) is 3.36. The Balaban J connectivity index is 1.96. The van der Waals surface area contributed by atoms with Crippen LogP contribution in [-0.4, -0.2) is 23.3 Å². The minimum atomic E-state index is 0.448. The fourth-order valence-electron chi connectivity index (χ4n) is 2.60. The zero-order valence-corrected chi connectivity index (χ0v) is 13.3. The molecule has 0 aliphatic carbocycles. The maximum Gasteiger partial charge on any atom is 0.251 e. The maximum atomic E-state index is 6.10. The molecule has 0 spiro atoms. The van der Waals surface area contributed by atoms with Gasteiger partial charge in [-0.15, -0.1) is 20.4 Å². The predicted molar refractivity (Wildman–Crippen MR) is 86.0 cm³/mol. The first-order valence-corrected chi connectivity index (χ1v) is 7.67. The van der Waals surface area contributed by atoms with Crippen molar-refractivity contribution in [2.75, 3.05) is 17.7 Å². The van der Waals surface area contributed by atoms with Gasteiger partial charge < -0.3 is 10.6 Å². The molecule has 1 aliphatic heterocycles. The molecule has 6 nitrogen and oxygen atoms in total. The minimum absolute atomic E-state index is 0.448. The number of benzene rings is 1. The lowest BCUT2D eigenvalue weighted by Crippen LogP contribution is -2.25. The number of aryl methyl sites for hydroxylation is 1. The number of hydrogen-bond donors (Lipinski definition) is 1. The smallest absolute Gasteiger partial charge is 0.251 e. The van der Waals surface area contributed by atoms with Crippen molar-refractivity contribution in [3.63, 3.8) is 0 Å². The van der Waals surface area contributed by atoms with E-state index >= 15 is 0 Å². The van der Waals surface area contributed by atoms with Crippen LogP contribution in [0.25, 0.3) is 0 Å². The normalized spacial score (nSPS) is 21.2. The molecule has 0 fully saturated rings. The van der Waals surface area contributed by atoms with Gasteiger partial charge in [0.15, 0.2) is 0 Å². The number of aromatic nitrogens is 2. The van der Waals surface area contributed by atoms with Crippen molar-refractivity contribution >= 4 is 33.5 Å². The third-order valence-corrected chi connectivity index (χ3v) is 4.86. The molecule has 2 heterocycles. The molecule has 3 rings (SSSR count). The van der Waals surface area contributed by atoms with Gasteiger partial charge in [0.05, 0.1) is 5.69 Å². The molecule has 0 saturated carbocycles. The quantitative estimate of drug-likeness (QED) is 0.676. The van der Waals surface area contributed by atoms with E-state index in [1.54, 1.807) is 0 Å². The molecule has 2 unspecified atom stereocenters. The van der Waals surface area contributed by atoms with Crippen LogP contribution in [0.15, 0.2) is 22.4 Å². The van der Waals surface area contributed by atoms with E-state index in [2.05, 4.69) is 46.2 Å². The molecule has 2 N–H and O–H groups in total. The van der Waals surface area contributed by atoms with Crippen LogP contribution < -0.4 is 10.6 Å². The number of anilines is 2. The number of nitrogen functional groups attached to an aromatic ring is 1. The highest BCUT2D eigenvalue weighted by molar-refractivity contribution is 7.14. The summed E-state index contributed by atoms with van der Waals surface area (Å²) in [5, 5.41) is 17.6. The van der Waals surface area contributed by atoms with Crippen molar-refractivity contribution in [2.45, 2.75) is 32.7 Å². The zero-order chi connectivity index (χ0) is 15.1. The predicted octanol–water partition coefficient (Wildman–Crippen LogP) is 3.79. The monoisotopic (exact) mass is 302 g/mol. The Morgan fingerprint density at radius 1 is 1.24 bits per heavy atom. The minimum Gasteiger partial charge on any atom is -0.397 e. The molecule has 0 bridgehead atoms. The maximum absolute atomic E-state index is 6.10. The Morgan fingerprint density at radius 3 is 2.67 bits per heavy atom. The fraction of sp³-hybridized carbons (Fsp3) is 0.429. The number of hydrogen-bond acceptors (Lipinski definition) is 7. The van der Waals surface area contributed by atoms with Gasteiger partial charge in [0, 0.05) is 24.7 Å². The summed E-state index contributed by atoms with van der Waals surface area (Å²) in [5.74, 6) is 0.448. The van der Waals surface area contributed by atoms with Crippen molar-refractivity contribution in [3.05, 3.63) is 22.7 Å². The molecular weight excluding hydrogens is 284 g/mol. The summed E-state index contributed by atoms with van der Waals surface area (Å²) < 4.78 is 0. The van der Waals surface area contributed by atoms with Crippen LogP contribution in [0.5, 0.6) is 0 Å². The van der Waals surface area contributed by atoms with E-state index in [0.717, 1.165) is 5.01 Å². The van der Waals surface area contributed by atoms with Gasteiger partial charge in [-0.3, -0.25) is 0 Å². The van der Waals surface area contributed by atoms with Crippen molar-refractivity contribution < 1.29 is 0 Å². The van der Waals surface area contributed by atoms with Crippen molar-refractivity contribution in [1.82, 2.24) is 10.2 Å². The highest BCUT2D eigenvalue weighted by Crippen LogP contribution is 2.44. The number of azo groups is 1. The van der Waals surface area contributed by atoms with Gasteiger partial charge in [-0.05, 0) is 31.5 Å². The van der Waals surface area contributed by atoms with Gasteiger partial charge in [0.1, 0.15) is 10.7 Å². The number of fused-ring (bicyclic) bond motifs is 1. The van der Waals surface area contributed by atoms with Crippen LogP contribution in [0.4, 0.5) is 22.2 Å². The number of likely N-dealkylation sites (N-methyl/N-ethyl adjacent to an activating group) is 1. The van der Waals surface area contributed by atoms with Gasteiger partial charge in [-0.1, -0.05) is 18.3 Å². The summed E-state index contributed by atoms with van der Waals surface area (Å²) in [5.41, 5.74) is 9.87. The van der Waals surface area contributed by atoms with E-state index in [1.807, 2.05) is 19.1 Å². The molecule has 21 heavy (non-hydrogen) atoms. The van der Waals surface area contributed by atoms with Gasteiger partial charge in [-0.2, -0.15) is 0 Å². The molecule has 0 saturated heterocycles. The van der Waals surface area contributed by atoms with Crippen LogP contribution >= 0.6 is 11.3 Å². The topological polar surface area (TPSA) is 79.8 Å². The third-order valence-electron chi connectivity index (χ3n) is 4.14. The Bertz CT molecular complexity index is 707. The second-order valence-corrected chi connectivity index (χ2v) is 6.57. The lowest BCUT2D eigenvalue weighted by molar-refractivity contribution is 0.626. The molecule has 110 valence electrons. The molecule has 0 radical (unpaired) electrons. The van der Waals surface area contributed by atoms with Crippen molar-refractivity contribution in [1.29, 1.82) is 0 Å². The summed E-state index contributed by atoms with van der Waals surface area (Å²) in [6.45, 7) is 6.32. The molecule has 1 aromatic heterocycles. The van der Waals surface area contributed by atoms with Crippen LogP contribution in [-0.2, 0) is 0 Å². The van der Waals surface area contributed by atoms with E-state index < -0.39 is 0 Å². The average Bonchev–Trinajstić information content (AvgIpc) is 2.96. The highest BCUT2D eigenvalue weighted by atomic mass is 32.1. The first-order valence-electron chi connectivity index (χ1n) is 6.85. The van der Waals surface area contributed by atoms with E-state index in [4.69, 9.17) is 5.73 Å². The largest absolute Gasteiger partial charge is 0.397 e. The summed E-state index contributed by atoms with van der Waals surface area (Å²) in [6, 6.07) is 4.47. The first-order chi connectivity index (χ1) is 9.97. The second-order valence-electron chi connectivity index (χ2n) is 5.41. The average molecular weight is 302 g/mol. The van der Waals surface area contributed by atoms with E-state index in [-0.39, 0.29) is 0 Å². The van der Waals surface area contributed by atoms with Gasteiger partial charge >= 0.3 is 0 Å². The zero-order valence-electron chi connectivity index (χ0n) is 12.5. The third kappa shape index (κ3) is 2.37. The fourth-order valence-corrected chi connectivity index (χ4v) is 3.11. The van der Waals surface area contributed by atoms with Crippen LogP contribution in [0.2, 0.25) is 0 Å². The molecular formula is C14H18N6S. The van der Waals surface area contributed by atoms with Crippen molar-refractivity contribution in [3.8, 4) is 0 Å². The van der Waals surface area contributed by atoms with E-state index in [9.17, 15) is 0 Å². The molecule has 2 atom stereocenters. The highest BCUT2D eigenvalue weighted by Gasteiger charge is 2.31. The van der Waals surface area contributed by atoms with Gasteiger partial charge in [0.2, 0.25) is 0 Å². The van der Waals surface area contributed by atoms with Crippen LogP contribution in [0.3, 0.4) is 0 Å². The first kappa shape index (κ1) is 13.9. The second kappa shape index (κ2) is 5.07. The van der Waals surface area contributed by atoms with Gasteiger partial charge in [0.25, 0.3) is 5.13 Å². The summed E-state index contributed by atoms with van der Waals surface area (Å²) in [7, 11) is 2.09. The van der Waals surface area contributed by atoms with E-state index in [0.29, 0.717) is 28.5 Å². The van der Waals surface area contributed by atoms with Crippen LogP contribution in [0, 0.1) is 6.92 Å². The molecule has 1 aliphatic rings. The summed E-state index contributed by atoms with van der Waals surface area (Å²) >= 11 is 1.41. The van der Waals surface area contributed by atoms with E-state index in [1.165, 1.54) is 22.6 Å². The Labute approximate surface area is 127 Å². The lowest BCUT2D eigenvalue weighted by atomic mass is 9.97. The molecule has 1 aromatic carbocycles.